The molecule has 0 radical (unpaired) electrons. The molecule has 5 atom stereocenters. The second-order valence-electron chi connectivity index (χ2n) is 9.36. The number of hydrogen-bond acceptors (Lipinski definition) is 11. The second-order valence-corrected chi connectivity index (χ2v) is 9.77. The lowest BCUT2D eigenvalue weighted by Crippen LogP contribution is -2.59. The number of aliphatic hydroxyl groups excluding tert-OH is 1. The van der Waals surface area contributed by atoms with Crippen molar-refractivity contribution in [3.05, 3.63) is 64.2 Å². The van der Waals surface area contributed by atoms with Crippen LogP contribution < -0.4 is 4.74 Å². The fourth-order valence-corrected chi connectivity index (χ4v) is 4.68. The lowest BCUT2D eigenvalue weighted by Gasteiger charge is -2.44. The number of rotatable bonds is 11. The van der Waals surface area contributed by atoms with E-state index in [9.17, 15) is 19.2 Å². The minimum atomic E-state index is -1.27. The van der Waals surface area contributed by atoms with Gasteiger partial charge < -0.3 is 33.5 Å². The molecule has 1 saturated heterocycles. The molecule has 0 amide bonds. The predicted molar refractivity (Wildman–Crippen MR) is 144 cm³/mol. The van der Waals surface area contributed by atoms with E-state index in [0.29, 0.717) is 22.8 Å². The maximum Gasteiger partial charge on any atom is 0.303 e. The van der Waals surface area contributed by atoms with Crippen molar-refractivity contribution in [1.82, 2.24) is 0 Å². The van der Waals surface area contributed by atoms with Crippen LogP contribution in [0.3, 0.4) is 0 Å². The van der Waals surface area contributed by atoms with E-state index in [0.717, 1.165) is 18.1 Å². The molecule has 1 fully saturated rings. The summed E-state index contributed by atoms with van der Waals surface area (Å²) in [6.45, 7) is 4.50. The van der Waals surface area contributed by atoms with Crippen molar-refractivity contribution in [3.63, 3.8) is 0 Å². The molecule has 41 heavy (non-hydrogen) atoms. The number of hydrogen-bond donors (Lipinski definition) is 1. The van der Waals surface area contributed by atoms with Crippen LogP contribution in [0.25, 0.3) is 0 Å². The number of benzene rings is 2. The topological polar surface area (TPSA) is 144 Å². The Kier molecular flexibility index (Phi) is 11.5. The van der Waals surface area contributed by atoms with Gasteiger partial charge in [-0.25, -0.2) is 0 Å². The summed E-state index contributed by atoms with van der Waals surface area (Å²) in [5.74, 6) is -2.08. The maximum absolute atomic E-state index is 12.2. The molecule has 1 aliphatic rings. The third-order valence-corrected chi connectivity index (χ3v) is 6.44. The molecule has 0 aromatic heterocycles. The molecule has 0 saturated carbocycles. The number of carbonyl (C=O) groups is 4. The average molecular weight is 593 g/mol. The van der Waals surface area contributed by atoms with Crippen LogP contribution in [0.4, 0.5) is 0 Å². The Morgan fingerprint density at radius 3 is 2.02 bits per heavy atom. The van der Waals surface area contributed by atoms with E-state index >= 15 is 0 Å². The quantitative estimate of drug-likeness (QED) is 0.303. The number of carbonyl (C=O) groups excluding carboxylic acids is 4. The Hall–Kier alpha value is -3.67. The zero-order chi connectivity index (χ0) is 30.1. The Labute approximate surface area is 242 Å². The van der Waals surface area contributed by atoms with Crippen LogP contribution in [0, 0.1) is 0 Å². The van der Waals surface area contributed by atoms with Crippen molar-refractivity contribution in [2.45, 2.75) is 64.6 Å². The lowest BCUT2D eigenvalue weighted by molar-refractivity contribution is -0.254. The van der Waals surface area contributed by atoms with E-state index in [1.807, 2.05) is 12.1 Å². The Balaban J connectivity index is 2.00. The van der Waals surface area contributed by atoms with Crippen LogP contribution >= 0.6 is 11.6 Å². The van der Waals surface area contributed by atoms with Crippen LogP contribution in [0.15, 0.2) is 42.5 Å². The van der Waals surface area contributed by atoms with E-state index in [1.54, 1.807) is 30.3 Å². The van der Waals surface area contributed by atoms with E-state index in [-0.39, 0.29) is 19.8 Å². The van der Waals surface area contributed by atoms with Gasteiger partial charge >= 0.3 is 23.9 Å². The normalized spacial score (nSPS) is 21.9. The lowest BCUT2D eigenvalue weighted by atomic mass is 9.89. The van der Waals surface area contributed by atoms with Crippen molar-refractivity contribution >= 4 is 35.5 Å². The van der Waals surface area contributed by atoms with Crippen molar-refractivity contribution in [2.24, 2.45) is 0 Å². The van der Waals surface area contributed by atoms with Crippen molar-refractivity contribution in [1.29, 1.82) is 0 Å². The van der Waals surface area contributed by atoms with Gasteiger partial charge in [-0.15, -0.1) is 0 Å². The van der Waals surface area contributed by atoms with E-state index in [2.05, 4.69) is 0 Å². The highest BCUT2D eigenvalue weighted by Gasteiger charge is 2.52. The maximum atomic E-state index is 12.2. The molecule has 0 spiro atoms. The molecule has 1 heterocycles. The summed E-state index contributed by atoms with van der Waals surface area (Å²) >= 11 is 6.53. The number of halogens is 1. The van der Waals surface area contributed by atoms with Gasteiger partial charge in [0.05, 0.1) is 6.61 Å². The summed E-state index contributed by atoms with van der Waals surface area (Å²) in [6.07, 6.45) is -5.38. The first-order valence-electron chi connectivity index (χ1n) is 12.9. The standard InChI is InChI=1S/C29H33ClO11/c1-16(32)37-15-25-27(38-17(2)33)29(40-19(4)35)28(39-18(3)34)26(41-25)21-7-10-24(30)22(14-21)13-20-5-8-23(9-6-20)36-12-11-31/h5-10,14,25-29,31H,11-13,15H2,1-4H3/t25-,26+,27-,28+,29+/m1/s1. The van der Waals surface area contributed by atoms with Gasteiger partial charge in [-0.3, -0.25) is 19.2 Å². The molecule has 222 valence electrons. The minimum absolute atomic E-state index is 0.0939. The largest absolute Gasteiger partial charge is 0.491 e. The fourth-order valence-electron chi connectivity index (χ4n) is 4.49. The van der Waals surface area contributed by atoms with E-state index in [1.165, 1.54) is 20.8 Å². The highest BCUT2D eigenvalue weighted by molar-refractivity contribution is 6.31. The molecular formula is C29H33ClO11. The first-order chi connectivity index (χ1) is 19.5. The molecule has 3 rings (SSSR count). The first-order valence-corrected chi connectivity index (χ1v) is 13.3. The molecule has 0 bridgehead atoms. The molecule has 0 unspecified atom stereocenters. The highest BCUT2D eigenvalue weighted by Crippen LogP contribution is 2.39. The molecule has 11 nitrogen and oxygen atoms in total. The summed E-state index contributed by atoms with van der Waals surface area (Å²) in [4.78, 5) is 47.8. The Morgan fingerprint density at radius 1 is 0.829 bits per heavy atom. The Morgan fingerprint density at radius 2 is 1.44 bits per heavy atom. The molecule has 12 heteroatoms. The second kappa shape index (κ2) is 14.8. The van der Waals surface area contributed by atoms with Crippen LogP contribution in [-0.4, -0.2) is 73.2 Å². The molecule has 1 aliphatic heterocycles. The van der Waals surface area contributed by atoms with Crippen molar-refractivity contribution < 1.29 is 52.7 Å². The molecule has 2 aromatic rings. The van der Waals surface area contributed by atoms with Crippen LogP contribution in [0.5, 0.6) is 5.75 Å². The predicted octanol–water partition coefficient (Wildman–Crippen LogP) is 3.10. The van der Waals surface area contributed by atoms with Crippen LogP contribution in [0.2, 0.25) is 5.02 Å². The van der Waals surface area contributed by atoms with Crippen LogP contribution in [0.1, 0.15) is 50.5 Å². The Bertz CT molecular complexity index is 1230. The van der Waals surface area contributed by atoms with Crippen molar-refractivity contribution in [2.75, 3.05) is 19.8 Å². The SMILES string of the molecule is CC(=O)OC[C@H]1O[C@@H](c2ccc(Cl)c(Cc3ccc(OCCO)cc3)c2)[C@H](OC(C)=O)[C@@H](OC(C)=O)[C@@H]1OC(C)=O. The monoisotopic (exact) mass is 592 g/mol. The van der Waals surface area contributed by atoms with Gasteiger partial charge in [0.1, 0.15) is 31.2 Å². The smallest absolute Gasteiger partial charge is 0.303 e. The van der Waals surface area contributed by atoms with Gasteiger partial charge in [0.2, 0.25) is 0 Å². The molecule has 0 aliphatic carbocycles. The number of ether oxygens (including phenoxy) is 6. The highest BCUT2D eigenvalue weighted by atomic mass is 35.5. The number of esters is 4. The van der Waals surface area contributed by atoms with E-state index < -0.39 is 54.4 Å². The minimum Gasteiger partial charge on any atom is -0.491 e. The van der Waals surface area contributed by atoms with E-state index in [4.69, 9.17) is 45.1 Å². The summed E-state index contributed by atoms with van der Waals surface area (Å²) in [6, 6.07) is 12.4. The summed E-state index contributed by atoms with van der Waals surface area (Å²) in [5.41, 5.74) is 2.17. The zero-order valence-electron chi connectivity index (χ0n) is 23.2. The first kappa shape index (κ1) is 31.9. The molecule has 1 N–H and O–H groups in total. The van der Waals surface area contributed by atoms with Gasteiger partial charge in [0.25, 0.3) is 0 Å². The van der Waals surface area contributed by atoms with Gasteiger partial charge in [-0.05, 0) is 41.3 Å². The van der Waals surface area contributed by atoms with Gasteiger partial charge in [0, 0.05) is 32.7 Å². The van der Waals surface area contributed by atoms with Gasteiger partial charge in [-0.2, -0.15) is 0 Å². The third-order valence-electron chi connectivity index (χ3n) is 6.07. The summed E-state index contributed by atoms with van der Waals surface area (Å²) in [7, 11) is 0. The summed E-state index contributed by atoms with van der Waals surface area (Å²) < 4.78 is 33.4. The molecular weight excluding hydrogens is 560 g/mol. The zero-order valence-corrected chi connectivity index (χ0v) is 23.9. The molecule has 2 aromatic carbocycles. The average Bonchev–Trinajstić information content (AvgIpc) is 2.90. The third kappa shape index (κ3) is 9.17. The van der Waals surface area contributed by atoms with Crippen molar-refractivity contribution in [3.8, 4) is 5.75 Å². The number of aliphatic hydroxyl groups is 1. The summed E-state index contributed by atoms with van der Waals surface area (Å²) in [5, 5.41) is 9.42. The fraction of sp³-hybridized carbons (Fsp3) is 0.448. The van der Waals surface area contributed by atoms with Crippen LogP contribution in [-0.2, 0) is 49.3 Å². The van der Waals surface area contributed by atoms with Gasteiger partial charge in [0.15, 0.2) is 18.3 Å². The van der Waals surface area contributed by atoms with Gasteiger partial charge in [-0.1, -0.05) is 35.9 Å².